The lowest BCUT2D eigenvalue weighted by atomic mass is 10.1. The van der Waals surface area contributed by atoms with Crippen molar-refractivity contribution >= 4 is 17.6 Å². The molecule has 0 saturated carbocycles. The molecule has 1 heterocycles. The number of nitrogens with zero attached hydrogens (tertiary/aromatic N) is 1. The molecule has 0 unspecified atom stereocenters. The highest BCUT2D eigenvalue weighted by atomic mass is 16.5. The van der Waals surface area contributed by atoms with Gasteiger partial charge < -0.3 is 9.64 Å². The van der Waals surface area contributed by atoms with Gasteiger partial charge in [-0.25, -0.2) is 0 Å². The Morgan fingerprint density at radius 1 is 0.931 bits per heavy atom. The molecular formula is C25H23NO3. The van der Waals surface area contributed by atoms with Gasteiger partial charge in [0.05, 0.1) is 5.92 Å². The normalized spacial score (nSPS) is 16.1. The number of hydrogen-bond acceptors (Lipinski definition) is 3. The molecule has 1 fully saturated rings. The van der Waals surface area contributed by atoms with Crippen LogP contribution in [0.25, 0.3) is 11.1 Å². The standard InChI is InChI=1S/C25H23NO3/c1-17-8-13-23(18(2)14-17)26-16-21(15-24(26)27)25(28)29-22-11-9-20(10-12-22)19-6-4-3-5-7-19/h3-14,21H,15-16H2,1-2H3/t21-/m1/s1. The third-order valence-electron chi connectivity index (χ3n) is 5.28. The van der Waals surface area contributed by atoms with Gasteiger partial charge in [0.2, 0.25) is 5.91 Å². The summed E-state index contributed by atoms with van der Waals surface area (Å²) in [6.45, 7) is 4.35. The summed E-state index contributed by atoms with van der Waals surface area (Å²) in [5, 5.41) is 0. The van der Waals surface area contributed by atoms with Crippen molar-refractivity contribution in [3.63, 3.8) is 0 Å². The Balaban J connectivity index is 1.43. The van der Waals surface area contributed by atoms with Gasteiger partial charge in [0.15, 0.2) is 0 Å². The van der Waals surface area contributed by atoms with Crippen molar-refractivity contribution in [2.24, 2.45) is 5.92 Å². The number of hydrogen-bond donors (Lipinski definition) is 0. The zero-order chi connectivity index (χ0) is 20.4. The van der Waals surface area contributed by atoms with E-state index in [0.717, 1.165) is 27.9 Å². The molecule has 1 aliphatic rings. The molecule has 146 valence electrons. The first-order valence-electron chi connectivity index (χ1n) is 9.76. The monoisotopic (exact) mass is 385 g/mol. The summed E-state index contributed by atoms with van der Waals surface area (Å²) in [4.78, 5) is 26.8. The first kappa shape index (κ1) is 18.9. The second kappa shape index (κ2) is 7.92. The molecule has 1 aliphatic heterocycles. The molecule has 0 spiro atoms. The fourth-order valence-corrected chi connectivity index (χ4v) is 3.75. The third kappa shape index (κ3) is 4.06. The van der Waals surface area contributed by atoms with Gasteiger partial charge in [-0.2, -0.15) is 0 Å². The maximum atomic E-state index is 12.6. The maximum Gasteiger partial charge on any atom is 0.316 e. The largest absolute Gasteiger partial charge is 0.426 e. The molecule has 1 atom stereocenters. The van der Waals surface area contributed by atoms with Gasteiger partial charge in [-0.15, -0.1) is 0 Å². The Hall–Kier alpha value is -3.40. The second-order valence-electron chi connectivity index (χ2n) is 7.51. The molecule has 0 N–H and O–H groups in total. The van der Waals surface area contributed by atoms with Crippen LogP contribution in [0.2, 0.25) is 0 Å². The van der Waals surface area contributed by atoms with Crippen LogP contribution in [0.3, 0.4) is 0 Å². The van der Waals surface area contributed by atoms with Crippen molar-refractivity contribution < 1.29 is 14.3 Å². The number of rotatable bonds is 4. The topological polar surface area (TPSA) is 46.6 Å². The number of ether oxygens (including phenoxy) is 1. The smallest absolute Gasteiger partial charge is 0.316 e. The van der Waals surface area contributed by atoms with Crippen molar-refractivity contribution in [2.75, 3.05) is 11.4 Å². The van der Waals surface area contributed by atoms with Crippen LogP contribution in [-0.4, -0.2) is 18.4 Å². The Kier molecular flexibility index (Phi) is 5.17. The van der Waals surface area contributed by atoms with Crippen LogP contribution >= 0.6 is 0 Å². The number of carbonyl (C=O) groups is 2. The molecule has 0 aromatic heterocycles. The van der Waals surface area contributed by atoms with Crippen LogP contribution in [0.4, 0.5) is 5.69 Å². The molecule has 3 aromatic rings. The van der Waals surface area contributed by atoms with Crippen molar-refractivity contribution in [2.45, 2.75) is 20.3 Å². The summed E-state index contributed by atoms with van der Waals surface area (Å²) in [7, 11) is 0. The van der Waals surface area contributed by atoms with E-state index < -0.39 is 5.92 Å². The summed E-state index contributed by atoms with van der Waals surface area (Å²) in [6.07, 6.45) is 0.175. The number of esters is 1. The minimum atomic E-state index is -0.461. The number of benzene rings is 3. The van der Waals surface area contributed by atoms with E-state index in [9.17, 15) is 9.59 Å². The van der Waals surface area contributed by atoms with Crippen LogP contribution in [0, 0.1) is 19.8 Å². The fourth-order valence-electron chi connectivity index (χ4n) is 3.75. The first-order chi connectivity index (χ1) is 14.0. The van der Waals surface area contributed by atoms with Crippen LogP contribution in [0.1, 0.15) is 17.5 Å². The quantitative estimate of drug-likeness (QED) is 0.473. The SMILES string of the molecule is Cc1ccc(N2C[C@H](C(=O)Oc3ccc(-c4ccccc4)cc3)CC2=O)c(C)c1. The van der Waals surface area contributed by atoms with Gasteiger partial charge in [-0.05, 0) is 48.7 Å². The highest BCUT2D eigenvalue weighted by Gasteiger charge is 2.36. The van der Waals surface area contributed by atoms with E-state index in [1.165, 1.54) is 0 Å². The molecule has 3 aromatic carbocycles. The van der Waals surface area contributed by atoms with Crippen LogP contribution in [0.15, 0.2) is 72.8 Å². The third-order valence-corrected chi connectivity index (χ3v) is 5.28. The number of aryl methyl sites for hydroxylation is 2. The summed E-state index contributed by atoms with van der Waals surface area (Å²) in [6, 6.07) is 23.4. The van der Waals surface area contributed by atoms with E-state index in [1.807, 2.05) is 74.5 Å². The van der Waals surface area contributed by atoms with Crippen LogP contribution < -0.4 is 9.64 Å². The zero-order valence-corrected chi connectivity index (χ0v) is 16.6. The average molecular weight is 385 g/mol. The number of carbonyl (C=O) groups excluding carboxylic acids is 2. The lowest BCUT2D eigenvalue weighted by Gasteiger charge is -2.19. The lowest BCUT2D eigenvalue weighted by molar-refractivity contribution is -0.139. The Labute approximate surface area is 170 Å². The zero-order valence-electron chi connectivity index (χ0n) is 16.6. The van der Waals surface area contributed by atoms with E-state index in [1.54, 1.807) is 17.0 Å². The van der Waals surface area contributed by atoms with Crippen molar-refractivity contribution in [1.82, 2.24) is 0 Å². The molecule has 4 nitrogen and oxygen atoms in total. The van der Waals surface area contributed by atoms with Gasteiger partial charge in [-0.3, -0.25) is 9.59 Å². The Morgan fingerprint density at radius 2 is 1.62 bits per heavy atom. The van der Waals surface area contributed by atoms with Crippen molar-refractivity contribution in [3.8, 4) is 16.9 Å². The van der Waals surface area contributed by atoms with Crippen molar-refractivity contribution in [3.05, 3.63) is 83.9 Å². The fraction of sp³-hybridized carbons (Fsp3) is 0.200. The summed E-state index contributed by atoms with van der Waals surface area (Å²) < 4.78 is 5.55. The van der Waals surface area contributed by atoms with Gasteiger partial charge in [0, 0.05) is 18.7 Å². The van der Waals surface area contributed by atoms with Gasteiger partial charge in [0.25, 0.3) is 0 Å². The predicted molar refractivity (Wildman–Crippen MR) is 114 cm³/mol. The Morgan fingerprint density at radius 3 is 2.31 bits per heavy atom. The molecule has 1 saturated heterocycles. The molecule has 0 aliphatic carbocycles. The van der Waals surface area contributed by atoms with E-state index >= 15 is 0 Å². The maximum absolute atomic E-state index is 12.6. The minimum Gasteiger partial charge on any atom is -0.426 e. The summed E-state index contributed by atoms with van der Waals surface area (Å²) in [5.41, 5.74) is 5.21. The molecule has 1 amide bonds. The summed E-state index contributed by atoms with van der Waals surface area (Å²) >= 11 is 0. The number of amides is 1. The molecular weight excluding hydrogens is 362 g/mol. The predicted octanol–water partition coefficient (Wildman–Crippen LogP) is 4.93. The minimum absolute atomic E-state index is 0.0432. The average Bonchev–Trinajstić information content (AvgIpc) is 3.11. The molecule has 0 bridgehead atoms. The first-order valence-corrected chi connectivity index (χ1v) is 9.76. The van der Waals surface area contributed by atoms with E-state index in [-0.39, 0.29) is 18.3 Å². The highest BCUT2D eigenvalue weighted by molar-refractivity contribution is 6.00. The van der Waals surface area contributed by atoms with Crippen LogP contribution in [-0.2, 0) is 9.59 Å². The van der Waals surface area contributed by atoms with E-state index in [2.05, 4.69) is 0 Å². The van der Waals surface area contributed by atoms with Gasteiger partial charge in [0.1, 0.15) is 5.75 Å². The number of anilines is 1. The van der Waals surface area contributed by atoms with E-state index in [4.69, 9.17) is 4.74 Å². The highest BCUT2D eigenvalue weighted by Crippen LogP contribution is 2.30. The summed E-state index contributed by atoms with van der Waals surface area (Å²) in [5.74, 6) is -0.375. The van der Waals surface area contributed by atoms with Gasteiger partial charge in [-0.1, -0.05) is 60.2 Å². The van der Waals surface area contributed by atoms with Gasteiger partial charge >= 0.3 is 5.97 Å². The molecule has 0 radical (unpaired) electrons. The van der Waals surface area contributed by atoms with Crippen LogP contribution in [0.5, 0.6) is 5.75 Å². The molecule has 4 rings (SSSR count). The van der Waals surface area contributed by atoms with Crippen molar-refractivity contribution in [1.29, 1.82) is 0 Å². The van der Waals surface area contributed by atoms with E-state index in [0.29, 0.717) is 12.3 Å². The lowest BCUT2D eigenvalue weighted by Crippen LogP contribution is -2.27. The second-order valence-corrected chi connectivity index (χ2v) is 7.51. The molecule has 4 heteroatoms. The molecule has 29 heavy (non-hydrogen) atoms. The Bertz CT molecular complexity index is 1040.